The van der Waals surface area contributed by atoms with Crippen molar-refractivity contribution in [1.82, 2.24) is 5.32 Å². The zero-order chi connectivity index (χ0) is 15.9. The molecule has 0 aliphatic heterocycles. The number of nitrogens with one attached hydrogen (secondary N) is 1. The Balaban J connectivity index is 1.82. The average molecular weight is 307 g/mol. The van der Waals surface area contributed by atoms with Crippen LogP contribution in [0.15, 0.2) is 42.5 Å². The SMILES string of the molecule is COc1cccc(C(=O)NCCOc2ccc(F)cc2F)c1. The van der Waals surface area contributed by atoms with E-state index in [1.165, 1.54) is 13.2 Å². The van der Waals surface area contributed by atoms with E-state index in [4.69, 9.17) is 9.47 Å². The van der Waals surface area contributed by atoms with Crippen LogP contribution in [0.1, 0.15) is 10.4 Å². The van der Waals surface area contributed by atoms with Crippen LogP contribution >= 0.6 is 0 Å². The van der Waals surface area contributed by atoms with Gasteiger partial charge in [-0.25, -0.2) is 8.78 Å². The highest BCUT2D eigenvalue weighted by molar-refractivity contribution is 5.94. The molecule has 0 aliphatic rings. The molecular weight excluding hydrogens is 292 g/mol. The first-order valence-corrected chi connectivity index (χ1v) is 6.60. The van der Waals surface area contributed by atoms with E-state index in [2.05, 4.69) is 5.32 Å². The number of carbonyl (C=O) groups excluding carboxylic acids is 1. The van der Waals surface area contributed by atoms with Gasteiger partial charge < -0.3 is 14.8 Å². The summed E-state index contributed by atoms with van der Waals surface area (Å²) in [7, 11) is 1.52. The Labute approximate surface area is 126 Å². The highest BCUT2D eigenvalue weighted by Gasteiger charge is 2.07. The number of benzene rings is 2. The molecule has 2 aromatic rings. The Morgan fingerprint density at radius 1 is 1.18 bits per heavy atom. The van der Waals surface area contributed by atoms with E-state index in [0.717, 1.165) is 12.1 Å². The second-order valence-electron chi connectivity index (χ2n) is 4.41. The molecule has 0 atom stereocenters. The van der Waals surface area contributed by atoms with Crippen LogP contribution in [-0.2, 0) is 0 Å². The fourth-order valence-corrected chi connectivity index (χ4v) is 1.78. The summed E-state index contributed by atoms with van der Waals surface area (Å²) in [6.07, 6.45) is 0. The van der Waals surface area contributed by atoms with Crippen molar-refractivity contribution in [2.75, 3.05) is 20.3 Å². The Bertz CT molecular complexity index is 662. The van der Waals surface area contributed by atoms with E-state index in [-0.39, 0.29) is 24.8 Å². The van der Waals surface area contributed by atoms with E-state index in [9.17, 15) is 13.6 Å². The van der Waals surface area contributed by atoms with Gasteiger partial charge in [0, 0.05) is 11.6 Å². The number of carbonyl (C=O) groups is 1. The van der Waals surface area contributed by atoms with Crippen LogP contribution in [0.4, 0.5) is 8.78 Å². The van der Waals surface area contributed by atoms with Crippen LogP contribution < -0.4 is 14.8 Å². The molecule has 1 amide bonds. The van der Waals surface area contributed by atoms with E-state index in [1.807, 2.05) is 0 Å². The average Bonchev–Trinajstić information content (AvgIpc) is 2.53. The van der Waals surface area contributed by atoms with Crippen molar-refractivity contribution in [3.05, 3.63) is 59.7 Å². The molecule has 0 saturated heterocycles. The fraction of sp³-hybridized carbons (Fsp3) is 0.188. The molecular formula is C16H15F2NO3. The Morgan fingerprint density at radius 2 is 2.00 bits per heavy atom. The van der Waals surface area contributed by atoms with Crippen molar-refractivity contribution in [3.63, 3.8) is 0 Å². The fourth-order valence-electron chi connectivity index (χ4n) is 1.78. The molecule has 0 saturated carbocycles. The normalized spacial score (nSPS) is 10.1. The Hall–Kier alpha value is -2.63. The molecule has 6 heteroatoms. The standard InChI is InChI=1S/C16H15F2NO3/c1-21-13-4-2-3-11(9-13)16(20)19-7-8-22-15-6-5-12(17)10-14(15)18/h2-6,9-10H,7-8H2,1H3,(H,19,20). The van der Waals surface area contributed by atoms with Crippen LogP contribution in [0.3, 0.4) is 0 Å². The quantitative estimate of drug-likeness (QED) is 0.835. The van der Waals surface area contributed by atoms with Gasteiger partial charge in [-0.05, 0) is 30.3 Å². The molecule has 0 unspecified atom stereocenters. The van der Waals surface area contributed by atoms with Crippen LogP contribution in [-0.4, -0.2) is 26.2 Å². The van der Waals surface area contributed by atoms with Crippen molar-refractivity contribution in [3.8, 4) is 11.5 Å². The summed E-state index contributed by atoms with van der Waals surface area (Å²) in [5.41, 5.74) is 0.451. The molecule has 0 spiro atoms. The summed E-state index contributed by atoms with van der Waals surface area (Å²) in [5, 5.41) is 2.64. The highest BCUT2D eigenvalue weighted by Crippen LogP contribution is 2.17. The summed E-state index contributed by atoms with van der Waals surface area (Å²) < 4.78 is 36.2. The van der Waals surface area contributed by atoms with Crippen LogP contribution in [0.2, 0.25) is 0 Å². The summed E-state index contributed by atoms with van der Waals surface area (Å²) in [4.78, 5) is 11.9. The third kappa shape index (κ3) is 4.18. The number of ether oxygens (including phenoxy) is 2. The molecule has 4 nitrogen and oxygen atoms in total. The first-order chi connectivity index (χ1) is 10.6. The number of hydrogen-bond acceptors (Lipinski definition) is 3. The minimum atomic E-state index is -0.779. The van der Waals surface area contributed by atoms with Crippen molar-refractivity contribution < 1.29 is 23.0 Å². The molecule has 0 aromatic heterocycles. The molecule has 0 bridgehead atoms. The van der Waals surface area contributed by atoms with Crippen molar-refractivity contribution in [2.24, 2.45) is 0 Å². The minimum Gasteiger partial charge on any atom is -0.497 e. The first kappa shape index (κ1) is 15.8. The van der Waals surface area contributed by atoms with Crippen molar-refractivity contribution >= 4 is 5.91 Å². The summed E-state index contributed by atoms with van der Waals surface area (Å²) >= 11 is 0. The Kier molecular flexibility index (Phi) is 5.30. The van der Waals surface area contributed by atoms with Gasteiger partial charge in [0.25, 0.3) is 5.91 Å². The zero-order valence-corrected chi connectivity index (χ0v) is 11.9. The number of rotatable bonds is 6. The molecule has 0 fully saturated rings. The van der Waals surface area contributed by atoms with Gasteiger partial charge in [0.1, 0.15) is 18.2 Å². The highest BCUT2D eigenvalue weighted by atomic mass is 19.1. The number of methoxy groups -OCH3 is 1. The van der Waals surface area contributed by atoms with E-state index in [0.29, 0.717) is 11.3 Å². The van der Waals surface area contributed by atoms with Crippen LogP contribution in [0.5, 0.6) is 11.5 Å². The summed E-state index contributed by atoms with van der Waals surface area (Å²) in [6, 6.07) is 9.75. The lowest BCUT2D eigenvalue weighted by Gasteiger charge is -2.09. The third-order valence-electron chi connectivity index (χ3n) is 2.87. The molecule has 0 radical (unpaired) electrons. The zero-order valence-electron chi connectivity index (χ0n) is 11.9. The van der Waals surface area contributed by atoms with Gasteiger partial charge in [0.2, 0.25) is 0 Å². The lowest BCUT2D eigenvalue weighted by Crippen LogP contribution is -2.28. The second kappa shape index (κ2) is 7.40. The summed E-state index contributed by atoms with van der Waals surface area (Å²) in [6.45, 7) is 0.255. The lowest BCUT2D eigenvalue weighted by atomic mass is 10.2. The lowest BCUT2D eigenvalue weighted by molar-refractivity contribution is 0.0946. The second-order valence-corrected chi connectivity index (χ2v) is 4.41. The van der Waals surface area contributed by atoms with Gasteiger partial charge in [0.05, 0.1) is 13.7 Å². The molecule has 0 aliphatic carbocycles. The predicted octanol–water partition coefficient (Wildman–Crippen LogP) is 2.78. The largest absolute Gasteiger partial charge is 0.497 e. The molecule has 0 heterocycles. The van der Waals surface area contributed by atoms with Crippen LogP contribution in [0, 0.1) is 11.6 Å². The number of hydrogen-bond donors (Lipinski definition) is 1. The van der Waals surface area contributed by atoms with Crippen LogP contribution in [0.25, 0.3) is 0 Å². The van der Waals surface area contributed by atoms with Crippen molar-refractivity contribution in [1.29, 1.82) is 0 Å². The third-order valence-corrected chi connectivity index (χ3v) is 2.87. The van der Waals surface area contributed by atoms with E-state index < -0.39 is 11.6 Å². The molecule has 116 valence electrons. The minimum absolute atomic E-state index is 0.0583. The topological polar surface area (TPSA) is 47.6 Å². The smallest absolute Gasteiger partial charge is 0.251 e. The van der Waals surface area contributed by atoms with E-state index >= 15 is 0 Å². The first-order valence-electron chi connectivity index (χ1n) is 6.60. The maximum Gasteiger partial charge on any atom is 0.251 e. The number of halogens is 2. The molecule has 2 rings (SSSR count). The van der Waals surface area contributed by atoms with Gasteiger partial charge in [0.15, 0.2) is 11.6 Å². The van der Waals surface area contributed by atoms with Gasteiger partial charge in [-0.1, -0.05) is 6.07 Å². The molecule has 1 N–H and O–H groups in total. The predicted molar refractivity (Wildman–Crippen MR) is 77.2 cm³/mol. The number of amides is 1. The summed E-state index contributed by atoms with van der Waals surface area (Å²) in [5.74, 6) is -1.22. The van der Waals surface area contributed by atoms with Gasteiger partial charge >= 0.3 is 0 Å². The van der Waals surface area contributed by atoms with Gasteiger partial charge in [-0.2, -0.15) is 0 Å². The van der Waals surface area contributed by atoms with Gasteiger partial charge in [-0.3, -0.25) is 4.79 Å². The van der Waals surface area contributed by atoms with Crippen molar-refractivity contribution in [2.45, 2.75) is 0 Å². The maximum atomic E-state index is 13.3. The molecule has 2 aromatic carbocycles. The van der Waals surface area contributed by atoms with Gasteiger partial charge in [-0.15, -0.1) is 0 Å². The maximum absolute atomic E-state index is 13.3. The molecule has 22 heavy (non-hydrogen) atoms. The Morgan fingerprint density at radius 3 is 2.73 bits per heavy atom. The van der Waals surface area contributed by atoms with E-state index in [1.54, 1.807) is 24.3 Å². The monoisotopic (exact) mass is 307 g/mol.